The number of fused-ring (bicyclic) bond motifs is 1. The first-order chi connectivity index (χ1) is 12.6. The number of halogens is 1. The van der Waals surface area contributed by atoms with Gasteiger partial charge in [-0.25, -0.2) is 14.1 Å². The van der Waals surface area contributed by atoms with Gasteiger partial charge in [-0.15, -0.1) is 0 Å². The number of aliphatic hydroxyl groups excluding tert-OH is 1. The normalized spacial score (nSPS) is 11.2. The fourth-order valence-corrected chi connectivity index (χ4v) is 2.80. The van der Waals surface area contributed by atoms with Crippen LogP contribution in [0.2, 0.25) is 0 Å². The highest BCUT2D eigenvalue weighted by Gasteiger charge is 2.20. The molecular formula is C18H14FN5O2. The highest BCUT2D eigenvalue weighted by Crippen LogP contribution is 2.32. The molecule has 0 atom stereocenters. The van der Waals surface area contributed by atoms with E-state index in [1.165, 1.54) is 18.3 Å². The maximum absolute atomic E-state index is 13.3. The van der Waals surface area contributed by atoms with Crippen molar-refractivity contribution in [3.05, 3.63) is 71.4 Å². The molecule has 3 N–H and O–H groups in total. The SMILES string of the molecule is Nc1nc(-c2c(-c3ccc(F)cc3)nc3cc(CO)ccn23)cc[n+]1[O-]. The van der Waals surface area contributed by atoms with Gasteiger partial charge in [0.05, 0.1) is 12.8 Å². The molecule has 0 aliphatic carbocycles. The van der Waals surface area contributed by atoms with E-state index in [4.69, 9.17) is 5.73 Å². The fourth-order valence-electron chi connectivity index (χ4n) is 2.80. The highest BCUT2D eigenvalue weighted by atomic mass is 19.1. The molecule has 0 radical (unpaired) electrons. The fraction of sp³-hybridized carbons (Fsp3) is 0.0556. The minimum absolute atomic E-state index is 0.114. The topological polar surface area (TPSA) is 103 Å². The van der Waals surface area contributed by atoms with Crippen LogP contribution < -0.4 is 10.5 Å². The van der Waals surface area contributed by atoms with Crippen LogP contribution >= 0.6 is 0 Å². The molecule has 0 aliphatic rings. The molecule has 0 unspecified atom stereocenters. The predicted octanol–water partition coefficient (Wildman–Crippen LogP) is 1.91. The summed E-state index contributed by atoms with van der Waals surface area (Å²) in [5.41, 5.74) is 9.27. The first-order valence-corrected chi connectivity index (χ1v) is 7.80. The number of hydrogen-bond donors (Lipinski definition) is 2. The van der Waals surface area contributed by atoms with E-state index in [1.807, 2.05) is 0 Å². The third kappa shape index (κ3) is 2.62. The van der Waals surface area contributed by atoms with Gasteiger partial charge in [0.1, 0.15) is 22.9 Å². The molecule has 3 heterocycles. The first-order valence-electron chi connectivity index (χ1n) is 7.80. The van der Waals surface area contributed by atoms with E-state index in [0.717, 1.165) is 0 Å². The van der Waals surface area contributed by atoms with Gasteiger partial charge in [0, 0.05) is 17.8 Å². The second kappa shape index (κ2) is 6.08. The van der Waals surface area contributed by atoms with Crippen LogP contribution in [0, 0.1) is 11.0 Å². The molecular weight excluding hydrogens is 337 g/mol. The lowest BCUT2D eigenvalue weighted by Gasteiger charge is -2.07. The van der Waals surface area contributed by atoms with Crippen molar-refractivity contribution in [1.29, 1.82) is 0 Å². The summed E-state index contributed by atoms with van der Waals surface area (Å²) in [5.74, 6) is -0.536. The van der Waals surface area contributed by atoms with Gasteiger partial charge in [0.25, 0.3) is 0 Å². The van der Waals surface area contributed by atoms with Crippen molar-refractivity contribution in [2.24, 2.45) is 0 Å². The molecule has 0 fully saturated rings. The Bertz CT molecular complexity index is 1110. The van der Waals surface area contributed by atoms with Crippen molar-refractivity contribution < 1.29 is 14.2 Å². The summed E-state index contributed by atoms with van der Waals surface area (Å²) in [6, 6.07) is 11.0. The molecule has 0 saturated heterocycles. The van der Waals surface area contributed by atoms with E-state index < -0.39 is 0 Å². The van der Waals surface area contributed by atoms with Gasteiger partial charge in [0.15, 0.2) is 5.69 Å². The molecule has 0 bridgehead atoms. The zero-order chi connectivity index (χ0) is 18.3. The first kappa shape index (κ1) is 16.0. The number of benzene rings is 1. The van der Waals surface area contributed by atoms with Gasteiger partial charge < -0.3 is 10.3 Å². The summed E-state index contributed by atoms with van der Waals surface area (Å²) in [5, 5.41) is 20.9. The van der Waals surface area contributed by atoms with Crippen LogP contribution in [-0.4, -0.2) is 19.5 Å². The van der Waals surface area contributed by atoms with Gasteiger partial charge in [-0.3, -0.25) is 10.1 Å². The molecule has 0 amide bonds. The summed E-state index contributed by atoms with van der Waals surface area (Å²) in [6.07, 6.45) is 3.03. The van der Waals surface area contributed by atoms with Crippen molar-refractivity contribution in [2.75, 3.05) is 5.73 Å². The maximum atomic E-state index is 13.3. The maximum Gasteiger partial charge on any atom is 0.390 e. The van der Waals surface area contributed by atoms with Crippen molar-refractivity contribution in [1.82, 2.24) is 14.4 Å². The zero-order valence-corrected chi connectivity index (χ0v) is 13.5. The number of nitrogens with zero attached hydrogens (tertiary/aromatic N) is 4. The summed E-state index contributed by atoms with van der Waals surface area (Å²) in [7, 11) is 0. The molecule has 0 spiro atoms. The Hall–Kier alpha value is -3.52. The lowest BCUT2D eigenvalue weighted by molar-refractivity contribution is -0.592. The number of imidazole rings is 1. The quantitative estimate of drug-likeness (QED) is 0.433. The van der Waals surface area contributed by atoms with Crippen LogP contribution in [0.4, 0.5) is 10.3 Å². The smallest absolute Gasteiger partial charge is 0.390 e. The lowest BCUT2D eigenvalue weighted by atomic mass is 10.1. The summed E-state index contributed by atoms with van der Waals surface area (Å²) >= 11 is 0. The predicted molar refractivity (Wildman–Crippen MR) is 93.1 cm³/mol. The van der Waals surface area contributed by atoms with Gasteiger partial charge in [-0.05, 0) is 42.0 Å². The highest BCUT2D eigenvalue weighted by molar-refractivity contribution is 5.80. The summed E-state index contributed by atoms with van der Waals surface area (Å²) in [4.78, 5) is 8.77. The van der Waals surface area contributed by atoms with Gasteiger partial charge in [-0.2, -0.15) is 0 Å². The van der Waals surface area contributed by atoms with Crippen molar-refractivity contribution in [3.8, 4) is 22.6 Å². The Morgan fingerprint density at radius 1 is 1.15 bits per heavy atom. The van der Waals surface area contributed by atoms with E-state index in [0.29, 0.717) is 38.6 Å². The van der Waals surface area contributed by atoms with Gasteiger partial charge in [0.2, 0.25) is 0 Å². The molecule has 130 valence electrons. The van der Waals surface area contributed by atoms with Gasteiger partial charge >= 0.3 is 5.95 Å². The second-order valence-corrected chi connectivity index (χ2v) is 5.73. The molecule has 4 aromatic rings. The number of nitrogen functional groups attached to an aromatic ring is 1. The number of aromatic nitrogens is 4. The molecule has 4 rings (SSSR count). The van der Waals surface area contributed by atoms with E-state index in [2.05, 4.69) is 9.97 Å². The lowest BCUT2D eigenvalue weighted by Crippen LogP contribution is -2.31. The summed E-state index contributed by atoms with van der Waals surface area (Å²) in [6.45, 7) is -0.114. The number of aliphatic hydroxyl groups is 1. The third-order valence-corrected chi connectivity index (χ3v) is 4.06. The minimum atomic E-state index is -0.351. The molecule has 3 aromatic heterocycles. The van der Waals surface area contributed by atoms with Crippen molar-refractivity contribution in [3.63, 3.8) is 0 Å². The molecule has 0 aliphatic heterocycles. The van der Waals surface area contributed by atoms with Gasteiger partial charge in [-0.1, -0.05) is 4.98 Å². The van der Waals surface area contributed by atoms with Crippen LogP contribution in [0.3, 0.4) is 0 Å². The Balaban J connectivity index is 2.02. The largest absolute Gasteiger partial charge is 0.740 e. The second-order valence-electron chi connectivity index (χ2n) is 5.73. The van der Waals surface area contributed by atoms with Crippen LogP contribution in [0.25, 0.3) is 28.3 Å². The van der Waals surface area contributed by atoms with E-state index in [9.17, 15) is 14.7 Å². The van der Waals surface area contributed by atoms with Crippen LogP contribution in [-0.2, 0) is 6.61 Å². The van der Waals surface area contributed by atoms with E-state index >= 15 is 0 Å². The van der Waals surface area contributed by atoms with Crippen LogP contribution in [0.15, 0.2) is 54.9 Å². The van der Waals surface area contributed by atoms with Crippen LogP contribution in [0.1, 0.15) is 5.56 Å². The zero-order valence-electron chi connectivity index (χ0n) is 13.5. The monoisotopic (exact) mass is 351 g/mol. The number of hydrogen-bond acceptors (Lipinski definition) is 5. The van der Waals surface area contributed by atoms with E-state index in [1.54, 1.807) is 40.9 Å². The molecule has 26 heavy (non-hydrogen) atoms. The van der Waals surface area contributed by atoms with E-state index in [-0.39, 0.29) is 18.4 Å². The van der Waals surface area contributed by atoms with Crippen molar-refractivity contribution >= 4 is 11.6 Å². The standard InChI is InChI=1S/C18H14FN5O2/c19-13-3-1-12(2-4-13)16-17(14-6-8-24(26)18(20)21-14)23-7-5-11(10-25)9-15(23)22-16/h1-9,25H,10H2,(H2,20,21). The molecule has 1 aromatic carbocycles. The third-order valence-electron chi connectivity index (χ3n) is 4.06. The minimum Gasteiger partial charge on any atom is -0.740 e. The Morgan fingerprint density at radius 2 is 1.92 bits per heavy atom. The number of nitrogens with two attached hydrogens (primary N) is 1. The molecule has 7 nitrogen and oxygen atoms in total. The van der Waals surface area contributed by atoms with Crippen molar-refractivity contribution in [2.45, 2.75) is 6.61 Å². The number of rotatable bonds is 3. The molecule has 0 saturated carbocycles. The Morgan fingerprint density at radius 3 is 2.62 bits per heavy atom. The molecule has 8 heteroatoms. The number of anilines is 1. The van der Waals surface area contributed by atoms with Crippen LogP contribution in [0.5, 0.6) is 0 Å². The Kier molecular flexibility index (Phi) is 3.74. The Labute approximate surface area is 147 Å². The number of pyridine rings is 1. The summed E-state index contributed by atoms with van der Waals surface area (Å²) < 4.78 is 15.6. The average molecular weight is 351 g/mol. The average Bonchev–Trinajstić information content (AvgIpc) is 3.03.